The van der Waals surface area contributed by atoms with Gasteiger partial charge in [0, 0.05) is 6.20 Å². The summed E-state index contributed by atoms with van der Waals surface area (Å²) in [6.45, 7) is 2.42. The predicted molar refractivity (Wildman–Crippen MR) is 74.4 cm³/mol. The van der Waals surface area contributed by atoms with E-state index in [1.807, 2.05) is 19.1 Å². The number of hydrogen-bond acceptors (Lipinski definition) is 5. The van der Waals surface area contributed by atoms with Gasteiger partial charge in [-0.05, 0) is 31.2 Å². The number of amidine groups is 1. The number of benzene rings is 1. The van der Waals surface area contributed by atoms with Crippen LogP contribution in [-0.2, 0) is 0 Å². The van der Waals surface area contributed by atoms with Gasteiger partial charge in [0.25, 0.3) is 0 Å². The first-order valence-corrected chi connectivity index (χ1v) is 6.08. The van der Waals surface area contributed by atoms with Crippen molar-refractivity contribution in [1.29, 1.82) is 0 Å². The predicted octanol–water partition coefficient (Wildman–Crippen LogP) is 2.37. The summed E-state index contributed by atoms with van der Waals surface area (Å²) in [6, 6.07) is 10.6. The van der Waals surface area contributed by atoms with Crippen molar-refractivity contribution in [2.24, 2.45) is 10.9 Å². The molecular weight excluding hydrogens is 258 g/mol. The fraction of sp³-hybridized carbons (Fsp3) is 0.143. The molecular formula is C14H15N3O3. The average molecular weight is 273 g/mol. The molecule has 6 nitrogen and oxygen atoms in total. The first kappa shape index (κ1) is 13.7. The Morgan fingerprint density at radius 1 is 1.20 bits per heavy atom. The van der Waals surface area contributed by atoms with Crippen LogP contribution in [0, 0.1) is 0 Å². The van der Waals surface area contributed by atoms with E-state index in [-0.39, 0.29) is 11.5 Å². The molecule has 3 N–H and O–H groups in total. The van der Waals surface area contributed by atoms with Crippen LogP contribution in [0.3, 0.4) is 0 Å². The number of nitrogens with zero attached hydrogens (tertiary/aromatic N) is 2. The lowest BCUT2D eigenvalue weighted by molar-refractivity contribution is 0.317. The van der Waals surface area contributed by atoms with Crippen LogP contribution >= 0.6 is 0 Å². The Bertz CT molecular complexity index is 614. The first-order valence-electron chi connectivity index (χ1n) is 6.08. The molecule has 0 saturated heterocycles. The van der Waals surface area contributed by atoms with E-state index in [0.717, 1.165) is 0 Å². The Hall–Kier alpha value is -2.76. The molecule has 2 rings (SSSR count). The van der Waals surface area contributed by atoms with Crippen LogP contribution in [0.4, 0.5) is 0 Å². The van der Waals surface area contributed by atoms with Gasteiger partial charge in [0.05, 0.1) is 6.61 Å². The minimum atomic E-state index is -0.116. The van der Waals surface area contributed by atoms with Gasteiger partial charge in [-0.15, -0.1) is 0 Å². The van der Waals surface area contributed by atoms with Crippen molar-refractivity contribution in [3.63, 3.8) is 0 Å². The van der Waals surface area contributed by atoms with Gasteiger partial charge in [0.15, 0.2) is 28.8 Å². The summed E-state index contributed by atoms with van der Waals surface area (Å²) in [7, 11) is 0. The lowest BCUT2D eigenvalue weighted by Crippen LogP contribution is -2.16. The SMILES string of the molecule is CCOc1ccccc1Oc1cccnc1/C(N)=N/O. The molecule has 1 aromatic heterocycles. The smallest absolute Gasteiger partial charge is 0.192 e. The molecule has 0 aliphatic rings. The monoisotopic (exact) mass is 273 g/mol. The van der Waals surface area contributed by atoms with Gasteiger partial charge >= 0.3 is 0 Å². The maximum Gasteiger partial charge on any atom is 0.192 e. The molecule has 20 heavy (non-hydrogen) atoms. The van der Waals surface area contributed by atoms with Crippen molar-refractivity contribution in [3.8, 4) is 17.2 Å². The second kappa shape index (κ2) is 6.42. The molecule has 2 aromatic rings. The summed E-state index contributed by atoms with van der Waals surface area (Å²) >= 11 is 0. The average Bonchev–Trinajstić information content (AvgIpc) is 2.49. The Morgan fingerprint density at radius 2 is 1.90 bits per heavy atom. The van der Waals surface area contributed by atoms with Gasteiger partial charge in [-0.1, -0.05) is 17.3 Å². The van der Waals surface area contributed by atoms with Crippen molar-refractivity contribution in [2.75, 3.05) is 6.61 Å². The van der Waals surface area contributed by atoms with E-state index >= 15 is 0 Å². The van der Waals surface area contributed by atoms with E-state index in [2.05, 4.69) is 10.1 Å². The molecule has 104 valence electrons. The van der Waals surface area contributed by atoms with Gasteiger partial charge in [0.2, 0.25) is 0 Å². The van der Waals surface area contributed by atoms with E-state index in [1.54, 1.807) is 24.3 Å². The zero-order chi connectivity index (χ0) is 14.4. The maximum atomic E-state index is 8.76. The number of pyridine rings is 1. The van der Waals surface area contributed by atoms with Crippen LogP contribution in [0.5, 0.6) is 17.2 Å². The highest BCUT2D eigenvalue weighted by Gasteiger charge is 2.12. The van der Waals surface area contributed by atoms with Gasteiger partial charge in [-0.3, -0.25) is 0 Å². The van der Waals surface area contributed by atoms with Crippen LogP contribution in [0.2, 0.25) is 0 Å². The van der Waals surface area contributed by atoms with Gasteiger partial charge in [-0.2, -0.15) is 0 Å². The van der Waals surface area contributed by atoms with Crippen molar-refractivity contribution in [2.45, 2.75) is 6.92 Å². The van der Waals surface area contributed by atoms with E-state index in [0.29, 0.717) is 23.9 Å². The molecule has 0 spiro atoms. The highest BCUT2D eigenvalue weighted by molar-refractivity contribution is 5.97. The third kappa shape index (κ3) is 2.97. The number of aromatic nitrogens is 1. The third-order valence-electron chi connectivity index (χ3n) is 2.49. The second-order valence-electron chi connectivity index (χ2n) is 3.82. The fourth-order valence-electron chi connectivity index (χ4n) is 1.64. The van der Waals surface area contributed by atoms with Crippen LogP contribution < -0.4 is 15.2 Å². The normalized spacial score (nSPS) is 11.2. The van der Waals surface area contributed by atoms with Crippen molar-refractivity contribution in [1.82, 2.24) is 4.98 Å². The molecule has 0 atom stereocenters. The molecule has 0 unspecified atom stereocenters. The summed E-state index contributed by atoms with van der Waals surface area (Å²) in [6.07, 6.45) is 1.54. The zero-order valence-electron chi connectivity index (χ0n) is 11.0. The molecule has 0 radical (unpaired) electrons. The molecule has 0 bridgehead atoms. The molecule has 6 heteroatoms. The van der Waals surface area contributed by atoms with E-state index < -0.39 is 0 Å². The Kier molecular flexibility index (Phi) is 4.39. The largest absolute Gasteiger partial charge is 0.490 e. The molecule has 1 heterocycles. The lowest BCUT2D eigenvalue weighted by Gasteiger charge is -2.12. The van der Waals surface area contributed by atoms with Gasteiger partial charge in [-0.25, -0.2) is 4.98 Å². The summed E-state index contributed by atoms with van der Waals surface area (Å²) in [4.78, 5) is 4.04. The van der Waals surface area contributed by atoms with E-state index in [1.165, 1.54) is 6.20 Å². The third-order valence-corrected chi connectivity index (χ3v) is 2.49. The Morgan fingerprint density at radius 3 is 2.60 bits per heavy atom. The molecule has 0 aliphatic carbocycles. The lowest BCUT2D eigenvalue weighted by atomic mass is 10.3. The minimum Gasteiger partial charge on any atom is -0.490 e. The molecule has 0 fully saturated rings. The number of nitrogens with two attached hydrogens (primary N) is 1. The van der Waals surface area contributed by atoms with Crippen LogP contribution in [0.1, 0.15) is 12.6 Å². The Labute approximate surface area is 116 Å². The van der Waals surface area contributed by atoms with Crippen LogP contribution in [-0.4, -0.2) is 22.6 Å². The standard InChI is InChI=1S/C14H15N3O3/c1-2-19-10-6-3-4-7-11(10)20-12-8-5-9-16-13(12)14(15)17-18/h3-9,18H,2H2,1H3,(H2,15,17). The zero-order valence-corrected chi connectivity index (χ0v) is 11.0. The summed E-state index contributed by atoms with van der Waals surface area (Å²) in [5, 5.41) is 11.7. The topological polar surface area (TPSA) is 90.0 Å². The number of oxime groups is 1. The fourth-order valence-corrected chi connectivity index (χ4v) is 1.64. The highest BCUT2D eigenvalue weighted by atomic mass is 16.5. The number of ether oxygens (including phenoxy) is 2. The Balaban J connectivity index is 2.36. The molecule has 0 amide bonds. The number of hydrogen-bond donors (Lipinski definition) is 2. The maximum absolute atomic E-state index is 8.76. The minimum absolute atomic E-state index is 0.116. The summed E-state index contributed by atoms with van der Waals surface area (Å²) in [5.74, 6) is 1.42. The van der Waals surface area contributed by atoms with Crippen LogP contribution in [0.25, 0.3) is 0 Å². The molecule has 0 saturated carbocycles. The second-order valence-corrected chi connectivity index (χ2v) is 3.82. The van der Waals surface area contributed by atoms with Crippen molar-refractivity contribution >= 4 is 5.84 Å². The molecule has 1 aromatic carbocycles. The van der Waals surface area contributed by atoms with Crippen LogP contribution in [0.15, 0.2) is 47.8 Å². The summed E-state index contributed by atoms with van der Waals surface area (Å²) in [5.41, 5.74) is 5.84. The highest BCUT2D eigenvalue weighted by Crippen LogP contribution is 2.32. The van der Waals surface area contributed by atoms with E-state index in [4.69, 9.17) is 20.4 Å². The molecule has 0 aliphatic heterocycles. The summed E-state index contributed by atoms with van der Waals surface area (Å²) < 4.78 is 11.2. The van der Waals surface area contributed by atoms with Crippen molar-refractivity contribution in [3.05, 3.63) is 48.3 Å². The number of para-hydroxylation sites is 2. The van der Waals surface area contributed by atoms with Gasteiger partial charge in [0.1, 0.15) is 0 Å². The van der Waals surface area contributed by atoms with Crippen molar-refractivity contribution < 1.29 is 14.7 Å². The quantitative estimate of drug-likeness (QED) is 0.378. The van der Waals surface area contributed by atoms with E-state index in [9.17, 15) is 0 Å². The number of rotatable bonds is 5. The first-order chi connectivity index (χ1) is 9.76. The van der Waals surface area contributed by atoms with Gasteiger partial charge < -0.3 is 20.4 Å².